The van der Waals surface area contributed by atoms with Crippen LogP contribution >= 0.6 is 0 Å². The van der Waals surface area contributed by atoms with Crippen molar-refractivity contribution in [2.45, 2.75) is 33.7 Å². The number of nitrogens with zero attached hydrogens (tertiary/aromatic N) is 2. The zero-order chi connectivity index (χ0) is 17.0. The first-order chi connectivity index (χ1) is 10.9. The molecule has 0 aliphatic heterocycles. The summed E-state index contributed by atoms with van der Waals surface area (Å²) < 4.78 is 12.4. The van der Waals surface area contributed by atoms with Crippen molar-refractivity contribution in [2.75, 3.05) is 19.5 Å². The van der Waals surface area contributed by atoms with Crippen LogP contribution in [0.2, 0.25) is 0 Å². The molecule has 0 bridgehead atoms. The Morgan fingerprint density at radius 3 is 2.35 bits per heavy atom. The summed E-state index contributed by atoms with van der Waals surface area (Å²) in [6.07, 6.45) is 0.357. The molecule has 124 valence electrons. The normalized spacial score (nSPS) is 10.5. The molecule has 0 aliphatic rings. The Hall–Kier alpha value is -2.50. The van der Waals surface area contributed by atoms with E-state index in [0.717, 1.165) is 22.6 Å². The van der Waals surface area contributed by atoms with Crippen molar-refractivity contribution < 1.29 is 14.3 Å². The van der Waals surface area contributed by atoms with E-state index < -0.39 is 0 Å². The number of carbonyl (C=O) groups is 1. The van der Waals surface area contributed by atoms with Gasteiger partial charge in [-0.05, 0) is 38.5 Å². The van der Waals surface area contributed by atoms with Crippen molar-refractivity contribution in [1.82, 2.24) is 9.78 Å². The van der Waals surface area contributed by atoms with Crippen LogP contribution in [0.1, 0.15) is 23.4 Å². The van der Waals surface area contributed by atoms with Crippen LogP contribution in [0.25, 0.3) is 0 Å². The van der Waals surface area contributed by atoms with Gasteiger partial charge in [-0.2, -0.15) is 5.10 Å². The first-order valence-corrected chi connectivity index (χ1v) is 7.48. The lowest BCUT2D eigenvalue weighted by Gasteiger charge is -2.13. The molecule has 1 amide bonds. The van der Waals surface area contributed by atoms with Gasteiger partial charge in [0.2, 0.25) is 5.91 Å². The Balaban J connectivity index is 2.04. The molecule has 1 aromatic heterocycles. The van der Waals surface area contributed by atoms with Crippen LogP contribution in [0.3, 0.4) is 0 Å². The largest absolute Gasteiger partial charge is 0.493 e. The molecule has 0 unspecified atom stereocenters. The first-order valence-electron chi connectivity index (χ1n) is 7.48. The molecule has 0 radical (unpaired) electrons. The number of amides is 1. The minimum atomic E-state index is -0.0622. The number of anilines is 1. The Kier molecular flexibility index (Phi) is 5.26. The van der Waals surface area contributed by atoms with Gasteiger partial charge in [0, 0.05) is 30.4 Å². The van der Waals surface area contributed by atoms with E-state index in [-0.39, 0.29) is 5.91 Å². The van der Waals surface area contributed by atoms with Crippen molar-refractivity contribution in [2.24, 2.45) is 0 Å². The highest BCUT2D eigenvalue weighted by atomic mass is 16.5. The smallest absolute Gasteiger partial charge is 0.226 e. The summed E-state index contributed by atoms with van der Waals surface area (Å²) in [7, 11) is 3.16. The standard InChI is InChI=1S/C17H23N3O3/c1-11-8-15(22-4)16(23-5)10-14(11)18-17(21)6-7-20-13(3)9-12(2)19-20/h8-10H,6-7H2,1-5H3,(H,18,21). The van der Waals surface area contributed by atoms with Gasteiger partial charge >= 0.3 is 0 Å². The molecule has 6 nitrogen and oxygen atoms in total. The molecule has 0 atom stereocenters. The average molecular weight is 317 g/mol. The van der Waals surface area contributed by atoms with Crippen molar-refractivity contribution in [3.05, 3.63) is 35.2 Å². The molecule has 1 heterocycles. The van der Waals surface area contributed by atoms with Crippen LogP contribution in [0.5, 0.6) is 11.5 Å². The molecular formula is C17H23N3O3. The molecule has 0 saturated carbocycles. The maximum absolute atomic E-state index is 12.2. The van der Waals surface area contributed by atoms with Gasteiger partial charge < -0.3 is 14.8 Å². The first kappa shape index (κ1) is 16.9. The lowest BCUT2D eigenvalue weighted by atomic mass is 10.1. The van der Waals surface area contributed by atoms with Gasteiger partial charge in [-0.25, -0.2) is 0 Å². The molecular weight excluding hydrogens is 294 g/mol. The van der Waals surface area contributed by atoms with Crippen LogP contribution < -0.4 is 14.8 Å². The number of hydrogen-bond acceptors (Lipinski definition) is 4. The zero-order valence-electron chi connectivity index (χ0n) is 14.3. The lowest BCUT2D eigenvalue weighted by Crippen LogP contribution is -2.16. The number of methoxy groups -OCH3 is 2. The zero-order valence-corrected chi connectivity index (χ0v) is 14.3. The molecule has 6 heteroatoms. The second kappa shape index (κ2) is 7.17. The summed E-state index contributed by atoms with van der Waals surface area (Å²) in [5.41, 5.74) is 3.65. The van der Waals surface area contributed by atoms with E-state index >= 15 is 0 Å². The van der Waals surface area contributed by atoms with Crippen molar-refractivity contribution in [3.8, 4) is 11.5 Å². The molecule has 1 aromatic carbocycles. The number of hydrogen-bond donors (Lipinski definition) is 1. The molecule has 0 fully saturated rings. The fourth-order valence-corrected chi connectivity index (χ4v) is 2.44. The number of aryl methyl sites for hydroxylation is 4. The van der Waals surface area contributed by atoms with Crippen LogP contribution in [-0.4, -0.2) is 29.9 Å². The summed E-state index contributed by atoms with van der Waals surface area (Å²) in [6, 6.07) is 5.61. The van der Waals surface area contributed by atoms with Gasteiger partial charge in [0.1, 0.15) is 0 Å². The van der Waals surface area contributed by atoms with Crippen LogP contribution in [0, 0.1) is 20.8 Å². The Labute approximate surface area is 136 Å². The van der Waals surface area contributed by atoms with Gasteiger partial charge in [-0.3, -0.25) is 9.48 Å². The predicted octanol–water partition coefficient (Wildman–Crippen LogP) is 2.85. The van der Waals surface area contributed by atoms with E-state index in [1.165, 1.54) is 0 Å². The van der Waals surface area contributed by atoms with E-state index in [2.05, 4.69) is 10.4 Å². The summed E-state index contributed by atoms with van der Waals surface area (Å²) in [5, 5.41) is 7.27. The van der Waals surface area contributed by atoms with Crippen molar-refractivity contribution in [1.29, 1.82) is 0 Å². The predicted molar refractivity (Wildman–Crippen MR) is 89.2 cm³/mol. The lowest BCUT2D eigenvalue weighted by molar-refractivity contribution is -0.116. The van der Waals surface area contributed by atoms with Gasteiger partial charge in [0.05, 0.1) is 19.9 Å². The van der Waals surface area contributed by atoms with E-state index in [9.17, 15) is 4.79 Å². The fourth-order valence-electron chi connectivity index (χ4n) is 2.44. The number of rotatable bonds is 6. The summed E-state index contributed by atoms with van der Waals surface area (Å²) >= 11 is 0. The number of carbonyl (C=O) groups excluding carboxylic acids is 1. The van der Waals surface area contributed by atoms with Gasteiger partial charge in [-0.15, -0.1) is 0 Å². The van der Waals surface area contributed by atoms with Crippen LogP contribution in [0.15, 0.2) is 18.2 Å². The van der Waals surface area contributed by atoms with E-state index in [0.29, 0.717) is 24.5 Å². The maximum Gasteiger partial charge on any atom is 0.226 e. The Morgan fingerprint density at radius 1 is 1.13 bits per heavy atom. The number of ether oxygens (including phenoxy) is 2. The second-order valence-corrected chi connectivity index (χ2v) is 5.47. The molecule has 1 N–H and O–H groups in total. The van der Waals surface area contributed by atoms with Gasteiger partial charge in [-0.1, -0.05) is 0 Å². The van der Waals surface area contributed by atoms with Crippen LogP contribution in [0.4, 0.5) is 5.69 Å². The van der Waals surface area contributed by atoms with Crippen molar-refractivity contribution >= 4 is 11.6 Å². The van der Waals surface area contributed by atoms with Crippen LogP contribution in [-0.2, 0) is 11.3 Å². The van der Waals surface area contributed by atoms with E-state index in [4.69, 9.17) is 9.47 Å². The molecule has 2 rings (SSSR count). The number of benzene rings is 1. The molecule has 0 aliphatic carbocycles. The number of aromatic nitrogens is 2. The summed E-state index contributed by atoms with van der Waals surface area (Å²) in [5.74, 6) is 1.17. The molecule has 0 spiro atoms. The molecule has 0 saturated heterocycles. The topological polar surface area (TPSA) is 65.4 Å². The van der Waals surface area contributed by atoms with E-state index in [1.807, 2.05) is 37.6 Å². The van der Waals surface area contributed by atoms with Crippen molar-refractivity contribution in [3.63, 3.8) is 0 Å². The third kappa shape index (κ3) is 4.03. The SMILES string of the molecule is COc1cc(C)c(NC(=O)CCn2nc(C)cc2C)cc1OC. The summed E-state index contributed by atoms with van der Waals surface area (Å²) in [4.78, 5) is 12.2. The highest BCUT2D eigenvalue weighted by Crippen LogP contribution is 2.32. The Bertz CT molecular complexity index is 707. The average Bonchev–Trinajstić information content (AvgIpc) is 2.84. The second-order valence-electron chi connectivity index (χ2n) is 5.47. The molecule has 23 heavy (non-hydrogen) atoms. The van der Waals surface area contributed by atoms with Gasteiger partial charge in [0.25, 0.3) is 0 Å². The molecule has 2 aromatic rings. The Morgan fingerprint density at radius 2 is 1.78 bits per heavy atom. The monoisotopic (exact) mass is 317 g/mol. The minimum absolute atomic E-state index is 0.0622. The van der Waals surface area contributed by atoms with E-state index in [1.54, 1.807) is 20.3 Å². The number of nitrogens with one attached hydrogen (secondary N) is 1. The quantitative estimate of drug-likeness (QED) is 0.890. The fraction of sp³-hybridized carbons (Fsp3) is 0.412. The highest BCUT2D eigenvalue weighted by Gasteiger charge is 2.11. The highest BCUT2D eigenvalue weighted by molar-refractivity contribution is 5.91. The third-order valence-electron chi connectivity index (χ3n) is 3.66. The minimum Gasteiger partial charge on any atom is -0.493 e. The maximum atomic E-state index is 12.2. The van der Waals surface area contributed by atoms with Gasteiger partial charge in [0.15, 0.2) is 11.5 Å². The summed E-state index contributed by atoms with van der Waals surface area (Å²) in [6.45, 7) is 6.39. The third-order valence-corrected chi connectivity index (χ3v) is 3.66.